The van der Waals surface area contributed by atoms with Crippen LogP contribution in [0.4, 0.5) is 0 Å². The standard InChI is InChI=1S/C6H10O2/c7-4-6-2-1-3-8-5-6/h6-7H,1-4H2. The van der Waals surface area contributed by atoms with Crippen molar-refractivity contribution in [1.82, 2.24) is 0 Å². The molecule has 1 heterocycles. The average molecular weight is 114 g/mol. The molecule has 0 aromatic rings. The molecule has 1 atom stereocenters. The van der Waals surface area contributed by atoms with Crippen LogP contribution in [0.1, 0.15) is 12.8 Å². The van der Waals surface area contributed by atoms with Gasteiger partial charge >= 0.3 is 0 Å². The van der Waals surface area contributed by atoms with Gasteiger partial charge < -0.3 is 9.84 Å². The van der Waals surface area contributed by atoms with E-state index in [1.165, 1.54) is 0 Å². The predicted molar refractivity (Wildman–Crippen MR) is 29.0 cm³/mol. The second-order valence-corrected chi connectivity index (χ2v) is 1.99. The zero-order valence-corrected chi connectivity index (χ0v) is 4.76. The smallest absolute Gasteiger partial charge is 0.137 e. The highest BCUT2D eigenvalue weighted by Crippen LogP contribution is 2.15. The molecule has 1 aliphatic rings. The van der Waals surface area contributed by atoms with E-state index < -0.39 is 0 Å². The summed E-state index contributed by atoms with van der Waals surface area (Å²) in [4.78, 5) is 0. The van der Waals surface area contributed by atoms with Crippen LogP contribution in [0.15, 0.2) is 0 Å². The third-order valence-electron chi connectivity index (χ3n) is 1.27. The number of ether oxygens (including phenoxy) is 1. The maximum Gasteiger partial charge on any atom is 0.137 e. The number of aliphatic hydroxyl groups is 1. The minimum atomic E-state index is 0.170. The molecule has 8 heavy (non-hydrogen) atoms. The summed E-state index contributed by atoms with van der Waals surface area (Å²) in [5, 5.41) is 8.55. The van der Waals surface area contributed by atoms with Gasteiger partial charge in [-0.15, -0.1) is 0 Å². The maximum absolute atomic E-state index is 8.55. The van der Waals surface area contributed by atoms with Gasteiger partial charge in [-0.1, -0.05) is 0 Å². The average Bonchev–Trinajstić information content (AvgIpc) is 1.90. The third-order valence-corrected chi connectivity index (χ3v) is 1.27. The predicted octanol–water partition coefficient (Wildman–Crippen LogP) is 0.444. The fourth-order valence-electron chi connectivity index (χ4n) is 0.766. The Bertz CT molecular complexity index is 57.5. The van der Waals surface area contributed by atoms with Crippen molar-refractivity contribution in [3.05, 3.63) is 6.61 Å². The van der Waals surface area contributed by atoms with Crippen molar-refractivity contribution in [3.63, 3.8) is 0 Å². The van der Waals surface area contributed by atoms with E-state index in [2.05, 4.69) is 6.61 Å². The summed E-state index contributed by atoms with van der Waals surface area (Å²) in [5.74, 6) is 0.170. The highest BCUT2D eigenvalue weighted by Gasteiger charge is 2.12. The second-order valence-electron chi connectivity index (χ2n) is 1.99. The lowest BCUT2D eigenvalue weighted by atomic mass is 10.0. The normalized spacial score (nSPS) is 30.4. The largest absolute Gasteiger partial charge is 0.396 e. The van der Waals surface area contributed by atoms with Gasteiger partial charge in [-0.05, 0) is 12.8 Å². The number of hydrogen-bond acceptors (Lipinski definition) is 2. The van der Waals surface area contributed by atoms with Crippen LogP contribution in [0.2, 0.25) is 0 Å². The van der Waals surface area contributed by atoms with Crippen molar-refractivity contribution in [2.45, 2.75) is 12.8 Å². The minimum absolute atomic E-state index is 0.170. The van der Waals surface area contributed by atoms with E-state index in [0.29, 0.717) is 0 Å². The van der Waals surface area contributed by atoms with Crippen molar-refractivity contribution in [2.75, 3.05) is 13.2 Å². The molecule has 1 unspecified atom stereocenters. The minimum Gasteiger partial charge on any atom is -0.396 e. The van der Waals surface area contributed by atoms with Crippen molar-refractivity contribution < 1.29 is 9.84 Å². The van der Waals surface area contributed by atoms with E-state index in [9.17, 15) is 0 Å². The Morgan fingerprint density at radius 1 is 1.75 bits per heavy atom. The molecule has 2 radical (unpaired) electrons. The topological polar surface area (TPSA) is 29.5 Å². The molecule has 46 valence electrons. The summed E-state index contributed by atoms with van der Waals surface area (Å²) in [6.07, 6.45) is 2.08. The highest BCUT2D eigenvalue weighted by atomic mass is 16.5. The lowest BCUT2D eigenvalue weighted by Gasteiger charge is -2.17. The molecule has 0 spiro atoms. The number of rotatable bonds is 1. The molecule has 1 N–H and O–H groups in total. The molecule has 2 nitrogen and oxygen atoms in total. The van der Waals surface area contributed by atoms with Crippen molar-refractivity contribution in [1.29, 1.82) is 0 Å². The Kier molecular flexibility index (Phi) is 2.30. The van der Waals surface area contributed by atoms with Gasteiger partial charge in [0.2, 0.25) is 0 Å². The first kappa shape index (κ1) is 6.05. The molecule has 0 bridgehead atoms. The zero-order chi connectivity index (χ0) is 5.82. The molecule has 1 aliphatic heterocycles. The quantitative estimate of drug-likeness (QED) is 0.536. The molecule has 0 aliphatic carbocycles. The van der Waals surface area contributed by atoms with Crippen molar-refractivity contribution in [3.8, 4) is 0 Å². The SMILES string of the molecule is OCC1[C]OCCC1. The first-order chi connectivity index (χ1) is 3.93. The first-order valence-corrected chi connectivity index (χ1v) is 2.91. The lowest BCUT2D eigenvalue weighted by molar-refractivity contribution is 0.0847. The molecular formula is C6H10O2. The summed E-state index contributed by atoms with van der Waals surface area (Å²) < 4.78 is 4.86. The van der Waals surface area contributed by atoms with Gasteiger partial charge in [0.05, 0.1) is 0 Å². The van der Waals surface area contributed by atoms with Gasteiger partial charge in [-0.25, -0.2) is 0 Å². The summed E-state index contributed by atoms with van der Waals surface area (Å²) in [5.41, 5.74) is 0. The van der Waals surface area contributed by atoms with E-state index in [1.54, 1.807) is 0 Å². The second kappa shape index (κ2) is 3.05. The summed E-state index contributed by atoms with van der Waals surface area (Å²) in [7, 11) is 0. The Morgan fingerprint density at radius 2 is 2.62 bits per heavy atom. The van der Waals surface area contributed by atoms with Gasteiger partial charge in [0.15, 0.2) is 0 Å². The highest BCUT2D eigenvalue weighted by molar-refractivity contribution is 4.70. The van der Waals surface area contributed by atoms with Crippen LogP contribution in [0.5, 0.6) is 0 Å². The molecule has 0 aromatic heterocycles. The summed E-state index contributed by atoms with van der Waals surface area (Å²) in [6.45, 7) is 3.67. The molecular weight excluding hydrogens is 104 g/mol. The van der Waals surface area contributed by atoms with Crippen LogP contribution < -0.4 is 0 Å². The van der Waals surface area contributed by atoms with Crippen molar-refractivity contribution >= 4 is 0 Å². The molecule has 1 fully saturated rings. The van der Waals surface area contributed by atoms with E-state index in [4.69, 9.17) is 9.84 Å². The van der Waals surface area contributed by atoms with E-state index in [0.717, 1.165) is 19.4 Å². The van der Waals surface area contributed by atoms with Crippen LogP contribution in [-0.2, 0) is 4.74 Å². The Labute approximate surface area is 49.5 Å². The number of aliphatic hydroxyl groups excluding tert-OH is 1. The lowest BCUT2D eigenvalue weighted by Crippen LogP contribution is -2.15. The molecule has 0 aromatic carbocycles. The van der Waals surface area contributed by atoms with Gasteiger partial charge in [0.25, 0.3) is 0 Å². The maximum atomic E-state index is 8.55. The summed E-state index contributed by atoms with van der Waals surface area (Å²) in [6, 6.07) is 0. The van der Waals surface area contributed by atoms with Gasteiger partial charge in [-0.2, -0.15) is 0 Å². The molecule has 0 amide bonds. The van der Waals surface area contributed by atoms with E-state index in [-0.39, 0.29) is 12.5 Å². The molecule has 0 saturated carbocycles. The van der Waals surface area contributed by atoms with Crippen LogP contribution in [0.25, 0.3) is 0 Å². The fraction of sp³-hybridized carbons (Fsp3) is 0.833. The third kappa shape index (κ3) is 1.46. The van der Waals surface area contributed by atoms with Crippen LogP contribution in [0.3, 0.4) is 0 Å². The van der Waals surface area contributed by atoms with Gasteiger partial charge in [0, 0.05) is 19.1 Å². The van der Waals surface area contributed by atoms with Crippen molar-refractivity contribution in [2.24, 2.45) is 5.92 Å². The van der Waals surface area contributed by atoms with Crippen LogP contribution in [-0.4, -0.2) is 18.3 Å². The fourth-order valence-corrected chi connectivity index (χ4v) is 0.766. The first-order valence-electron chi connectivity index (χ1n) is 2.91. The molecule has 1 saturated heterocycles. The number of hydrogen-bond donors (Lipinski definition) is 1. The van der Waals surface area contributed by atoms with E-state index >= 15 is 0 Å². The Hall–Kier alpha value is -0.0800. The Morgan fingerprint density at radius 3 is 3.00 bits per heavy atom. The van der Waals surface area contributed by atoms with Crippen LogP contribution >= 0.6 is 0 Å². The Balaban J connectivity index is 2.13. The van der Waals surface area contributed by atoms with Gasteiger partial charge in [0.1, 0.15) is 6.61 Å². The molecule has 1 rings (SSSR count). The van der Waals surface area contributed by atoms with Crippen LogP contribution in [0, 0.1) is 12.5 Å². The summed E-state index contributed by atoms with van der Waals surface area (Å²) >= 11 is 0. The molecule has 2 heteroatoms. The zero-order valence-electron chi connectivity index (χ0n) is 4.76. The monoisotopic (exact) mass is 114 g/mol. The van der Waals surface area contributed by atoms with E-state index in [1.807, 2.05) is 0 Å². The van der Waals surface area contributed by atoms with Gasteiger partial charge in [-0.3, -0.25) is 0 Å².